The maximum Gasteiger partial charge on any atom is 0.282 e. The average molecular weight is 275 g/mol. The van der Waals surface area contributed by atoms with E-state index in [2.05, 4.69) is 6.58 Å². The zero-order valence-corrected chi connectivity index (χ0v) is 12.0. The van der Waals surface area contributed by atoms with Gasteiger partial charge in [-0.25, -0.2) is 0 Å². The molecule has 1 aromatic rings. The monoisotopic (exact) mass is 275 g/mol. The Kier molecular flexibility index (Phi) is 4.26. The Morgan fingerprint density at radius 2 is 2.10 bits per heavy atom. The Bertz CT molecular complexity index is 488. The number of rotatable bonds is 4. The molecule has 0 aliphatic carbocycles. The number of benzene rings is 1. The van der Waals surface area contributed by atoms with Crippen molar-refractivity contribution in [1.29, 1.82) is 0 Å². The number of likely N-dealkylation sites (N-methyl/N-ethyl adjacent to an activating group) is 1. The van der Waals surface area contributed by atoms with Crippen LogP contribution in [0.15, 0.2) is 43.0 Å². The van der Waals surface area contributed by atoms with Gasteiger partial charge in [-0.2, -0.15) is 0 Å². The summed E-state index contributed by atoms with van der Waals surface area (Å²) in [4.78, 5) is 13.8. The van der Waals surface area contributed by atoms with Crippen LogP contribution in [0.2, 0.25) is 0 Å². The molecule has 3 atom stereocenters. The number of carbonyl (C=O) groups excluding carboxylic acids is 1. The van der Waals surface area contributed by atoms with Gasteiger partial charge in [-0.05, 0) is 18.9 Å². The molecule has 0 saturated carbocycles. The van der Waals surface area contributed by atoms with Gasteiger partial charge in [-0.1, -0.05) is 36.4 Å². The van der Waals surface area contributed by atoms with Crippen LogP contribution in [0.3, 0.4) is 0 Å². The minimum Gasteiger partial charge on any atom is -0.358 e. The molecule has 0 bridgehead atoms. The largest absolute Gasteiger partial charge is 0.358 e. The van der Waals surface area contributed by atoms with Crippen molar-refractivity contribution in [1.82, 2.24) is 4.90 Å². The molecule has 108 valence electrons. The minimum absolute atomic E-state index is 0.131. The van der Waals surface area contributed by atoms with Crippen LogP contribution < -0.4 is 0 Å². The summed E-state index contributed by atoms with van der Waals surface area (Å²) in [5.74, 6) is -2.16. The van der Waals surface area contributed by atoms with Crippen molar-refractivity contribution >= 4 is 5.91 Å². The van der Waals surface area contributed by atoms with Crippen LogP contribution in [0.5, 0.6) is 0 Å². The van der Waals surface area contributed by atoms with E-state index in [1.54, 1.807) is 18.0 Å². The Morgan fingerprint density at radius 3 is 2.70 bits per heavy atom. The van der Waals surface area contributed by atoms with E-state index >= 15 is 0 Å². The van der Waals surface area contributed by atoms with Gasteiger partial charge in [0.1, 0.15) is 6.10 Å². The van der Waals surface area contributed by atoms with Crippen molar-refractivity contribution in [3.8, 4) is 0 Å². The summed E-state index contributed by atoms with van der Waals surface area (Å²) in [6.45, 7) is 5.54. The zero-order valence-electron chi connectivity index (χ0n) is 12.0. The molecule has 1 unspecified atom stereocenters. The number of hydrogen-bond acceptors (Lipinski definition) is 3. The Hall–Kier alpha value is -1.65. The average Bonchev–Trinajstić information content (AvgIpc) is 2.48. The van der Waals surface area contributed by atoms with Crippen molar-refractivity contribution in [2.24, 2.45) is 0 Å². The third kappa shape index (κ3) is 2.62. The number of allylic oxidation sites excluding steroid dienone is 1. The van der Waals surface area contributed by atoms with Crippen molar-refractivity contribution in [3.63, 3.8) is 0 Å². The highest BCUT2D eigenvalue weighted by molar-refractivity contribution is 5.84. The smallest absolute Gasteiger partial charge is 0.282 e. The molecule has 1 aliphatic heterocycles. The quantitative estimate of drug-likeness (QED) is 0.858. The molecule has 0 spiro atoms. The molecule has 1 amide bonds. The van der Waals surface area contributed by atoms with E-state index in [1.165, 1.54) is 0 Å². The van der Waals surface area contributed by atoms with Crippen LogP contribution in [-0.2, 0) is 9.53 Å². The van der Waals surface area contributed by atoms with E-state index in [9.17, 15) is 9.90 Å². The highest BCUT2D eigenvalue weighted by Gasteiger charge is 2.49. The Morgan fingerprint density at radius 1 is 1.45 bits per heavy atom. The molecule has 20 heavy (non-hydrogen) atoms. The van der Waals surface area contributed by atoms with Gasteiger partial charge >= 0.3 is 0 Å². The number of amides is 1. The number of morpholine rings is 1. The fourth-order valence-electron chi connectivity index (χ4n) is 2.48. The van der Waals surface area contributed by atoms with Crippen LogP contribution >= 0.6 is 0 Å². The molecule has 0 aromatic heterocycles. The van der Waals surface area contributed by atoms with Gasteiger partial charge in [0, 0.05) is 13.5 Å². The number of hydrogen-bond donors (Lipinski definition) is 1. The predicted octanol–water partition coefficient (Wildman–Crippen LogP) is 2.26. The molecule has 4 nitrogen and oxygen atoms in total. The summed E-state index contributed by atoms with van der Waals surface area (Å²) >= 11 is 0. The lowest BCUT2D eigenvalue weighted by molar-refractivity contribution is -0.265. The number of ether oxygens (including phenoxy) is 1. The first kappa shape index (κ1) is 14.8. The van der Waals surface area contributed by atoms with E-state index in [0.29, 0.717) is 6.42 Å². The second-order valence-corrected chi connectivity index (χ2v) is 5.22. The van der Waals surface area contributed by atoms with Gasteiger partial charge in [0.05, 0.1) is 6.04 Å². The standard InChI is InChI=1S/C16H21NO3/c1-4-5-11-16(19)15(18)17(3)12(2)14(20-16)13-9-7-6-8-10-13/h4,6-10,12,14,19H,1,5,11H2,2-3H3/t12-,14-,16?/m1/s1. The van der Waals surface area contributed by atoms with Crippen LogP contribution in [0.1, 0.15) is 31.4 Å². The number of carbonyl (C=O) groups is 1. The number of nitrogens with zero attached hydrogens (tertiary/aromatic N) is 1. The summed E-state index contributed by atoms with van der Waals surface area (Å²) in [5.41, 5.74) is 0.955. The Balaban J connectivity index is 2.30. The van der Waals surface area contributed by atoms with Gasteiger partial charge in [0.2, 0.25) is 5.79 Å². The van der Waals surface area contributed by atoms with Crippen LogP contribution in [0.4, 0.5) is 0 Å². The molecule has 1 fully saturated rings. The summed E-state index contributed by atoms with van der Waals surface area (Å²) in [6.07, 6.45) is 2.07. The molecule has 1 saturated heterocycles. The molecule has 1 heterocycles. The Labute approximate surface area is 119 Å². The van der Waals surface area contributed by atoms with E-state index in [1.807, 2.05) is 37.3 Å². The van der Waals surface area contributed by atoms with Crippen molar-refractivity contribution in [2.75, 3.05) is 7.05 Å². The number of aliphatic hydroxyl groups is 1. The zero-order chi connectivity index (χ0) is 14.8. The fraction of sp³-hybridized carbons (Fsp3) is 0.438. The van der Waals surface area contributed by atoms with E-state index < -0.39 is 5.79 Å². The van der Waals surface area contributed by atoms with E-state index in [4.69, 9.17) is 4.74 Å². The van der Waals surface area contributed by atoms with Gasteiger partial charge in [0.25, 0.3) is 5.91 Å². The molecule has 1 N–H and O–H groups in total. The van der Waals surface area contributed by atoms with Gasteiger partial charge in [-0.15, -0.1) is 6.58 Å². The molecular formula is C16H21NO3. The fourth-order valence-corrected chi connectivity index (χ4v) is 2.48. The topological polar surface area (TPSA) is 49.8 Å². The third-order valence-electron chi connectivity index (χ3n) is 3.84. The highest BCUT2D eigenvalue weighted by atomic mass is 16.6. The maximum absolute atomic E-state index is 12.3. The molecule has 0 radical (unpaired) electrons. The highest BCUT2D eigenvalue weighted by Crippen LogP contribution is 2.36. The summed E-state index contributed by atoms with van der Waals surface area (Å²) < 4.78 is 5.77. The molecule has 1 aliphatic rings. The minimum atomic E-state index is -1.77. The maximum atomic E-state index is 12.3. The van der Waals surface area contributed by atoms with Crippen LogP contribution in [-0.4, -0.2) is 34.8 Å². The SMILES string of the molecule is C=CCCC1(O)O[C@@H](c2ccccc2)[C@@H](C)N(C)C1=O. The first-order valence-corrected chi connectivity index (χ1v) is 6.83. The van der Waals surface area contributed by atoms with E-state index in [0.717, 1.165) is 5.56 Å². The van der Waals surface area contributed by atoms with Crippen LogP contribution in [0.25, 0.3) is 0 Å². The lowest BCUT2D eigenvalue weighted by Crippen LogP contribution is -2.59. The molecule has 1 aromatic carbocycles. The second kappa shape index (κ2) is 5.77. The normalized spacial score (nSPS) is 30.4. The first-order chi connectivity index (χ1) is 9.49. The lowest BCUT2D eigenvalue weighted by atomic mass is 9.96. The van der Waals surface area contributed by atoms with E-state index in [-0.39, 0.29) is 24.5 Å². The summed E-state index contributed by atoms with van der Waals surface area (Å²) in [7, 11) is 1.70. The molecular weight excluding hydrogens is 254 g/mol. The lowest BCUT2D eigenvalue weighted by Gasteiger charge is -2.45. The summed E-state index contributed by atoms with van der Waals surface area (Å²) in [5, 5.41) is 10.5. The van der Waals surface area contributed by atoms with Crippen LogP contribution in [0, 0.1) is 0 Å². The van der Waals surface area contributed by atoms with Crippen molar-refractivity contribution in [2.45, 2.75) is 37.7 Å². The second-order valence-electron chi connectivity index (χ2n) is 5.22. The molecule has 2 rings (SSSR count). The van der Waals surface area contributed by atoms with Gasteiger partial charge in [0.15, 0.2) is 0 Å². The first-order valence-electron chi connectivity index (χ1n) is 6.83. The predicted molar refractivity (Wildman–Crippen MR) is 76.9 cm³/mol. The molecule has 4 heteroatoms. The third-order valence-corrected chi connectivity index (χ3v) is 3.84. The van der Waals surface area contributed by atoms with Gasteiger partial charge < -0.3 is 14.7 Å². The van der Waals surface area contributed by atoms with Gasteiger partial charge in [-0.3, -0.25) is 4.79 Å². The van der Waals surface area contributed by atoms with Crippen molar-refractivity contribution in [3.05, 3.63) is 48.6 Å². The summed E-state index contributed by atoms with van der Waals surface area (Å²) in [6, 6.07) is 9.52. The van der Waals surface area contributed by atoms with Crippen molar-refractivity contribution < 1.29 is 14.6 Å².